The predicted molar refractivity (Wildman–Crippen MR) is 141 cm³/mol. The predicted octanol–water partition coefficient (Wildman–Crippen LogP) is 4.90. The Morgan fingerprint density at radius 1 is 1.14 bits per heavy atom. The lowest BCUT2D eigenvalue weighted by Crippen LogP contribution is -2.76. The van der Waals surface area contributed by atoms with E-state index in [1.165, 1.54) is 12.4 Å². The topological polar surface area (TPSA) is 112 Å². The molecule has 5 heterocycles. The molecule has 2 aliphatic heterocycles. The average Bonchev–Trinajstić information content (AvgIpc) is 3.24. The van der Waals surface area contributed by atoms with Gasteiger partial charge in [-0.2, -0.15) is 10.4 Å². The van der Waals surface area contributed by atoms with Crippen LogP contribution in [0.3, 0.4) is 0 Å². The number of aromatic nitrogens is 4. The van der Waals surface area contributed by atoms with Crippen molar-refractivity contribution in [1.29, 1.82) is 5.26 Å². The van der Waals surface area contributed by atoms with Gasteiger partial charge in [0.1, 0.15) is 23.7 Å². The van der Waals surface area contributed by atoms with Crippen LogP contribution in [0.4, 0.5) is 5.82 Å². The van der Waals surface area contributed by atoms with Gasteiger partial charge in [-0.15, -0.1) is 0 Å². The van der Waals surface area contributed by atoms with Gasteiger partial charge in [-0.05, 0) is 32.0 Å². The molecule has 4 aromatic rings. The Morgan fingerprint density at radius 3 is 2.54 bits per heavy atom. The highest BCUT2D eigenvalue weighted by atomic mass is 35.5. The van der Waals surface area contributed by atoms with E-state index in [4.69, 9.17) is 32.7 Å². The number of halogens is 2. The minimum atomic E-state index is -0.471. The van der Waals surface area contributed by atoms with E-state index in [1.54, 1.807) is 13.3 Å². The van der Waals surface area contributed by atoms with Crippen LogP contribution in [0.1, 0.15) is 30.6 Å². The minimum absolute atomic E-state index is 0.197. The Morgan fingerprint density at radius 2 is 1.89 bits per heavy atom. The molecule has 188 valence electrons. The molecule has 0 amide bonds. The SMILES string of the molecule is COc1cc2[nH]nc(-c3cnc(N4CC5(CCN5)C4)c(C#N)c3)c2cc1O[C@H](C)c1c(Cl)cncc1Cl. The highest BCUT2D eigenvalue weighted by molar-refractivity contribution is 6.35. The fourth-order valence-corrected chi connectivity index (χ4v) is 5.73. The molecule has 1 spiro atoms. The molecule has 3 aromatic heterocycles. The van der Waals surface area contributed by atoms with Crippen LogP contribution in [-0.4, -0.2) is 52.4 Å². The number of aromatic amines is 1. The number of hydrogen-bond donors (Lipinski definition) is 2. The van der Waals surface area contributed by atoms with Crippen LogP contribution in [-0.2, 0) is 0 Å². The van der Waals surface area contributed by atoms with Crippen molar-refractivity contribution < 1.29 is 9.47 Å². The third-order valence-electron chi connectivity index (χ3n) is 7.10. The molecule has 0 bridgehead atoms. The van der Waals surface area contributed by atoms with Crippen LogP contribution in [0.5, 0.6) is 11.5 Å². The molecule has 37 heavy (non-hydrogen) atoms. The lowest BCUT2D eigenvalue weighted by atomic mass is 9.80. The second kappa shape index (κ2) is 9.06. The Balaban J connectivity index is 1.34. The summed E-state index contributed by atoms with van der Waals surface area (Å²) in [6.45, 7) is 4.64. The number of methoxy groups -OCH3 is 1. The second-order valence-electron chi connectivity index (χ2n) is 9.42. The molecule has 9 nitrogen and oxygen atoms in total. The molecule has 1 aromatic carbocycles. The second-order valence-corrected chi connectivity index (χ2v) is 10.2. The van der Waals surface area contributed by atoms with Crippen molar-refractivity contribution in [1.82, 2.24) is 25.5 Å². The number of anilines is 1. The van der Waals surface area contributed by atoms with Crippen molar-refractivity contribution in [2.24, 2.45) is 0 Å². The zero-order chi connectivity index (χ0) is 25.7. The molecule has 0 aliphatic carbocycles. The first kappa shape index (κ1) is 23.8. The number of ether oxygens (including phenoxy) is 2. The van der Waals surface area contributed by atoms with Gasteiger partial charge in [0.15, 0.2) is 11.5 Å². The highest BCUT2D eigenvalue weighted by Crippen LogP contribution is 2.41. The maximum absolute atomic E-state index is 9.86. The molecule has 2 fully saturated rings. The van der Waals surface area contributed by atoms with Crippen molar-refractivity contribution in [3.63, 3.8) is 0 Å². The first-order chi connectivity index (χ1) is 17.9. The summed E-state index contributed by atoms with van der Waals surface area (Å²) in [7, 11) is 1.57. The number of nitrogens with zero attached hydrogens (tertiary/aromatic N) is 5. The van der Waals surface area contributed by atoms with Gasteiger partial charge in [-0.1, -0.05) is 23.2 Å². The first-order valence-electron chi connectivity index (χ1n) is 11.8. The number of nitrogens with one attached hydrogen (secondary N) is 2. The molecule has 11 heteroatoms. The summed E-state index contributed by atoms with van der Waals surface area (Å²) in [4.78, 5) is 10.8. The normalized spacial score (nSPS) is 16.7. The number of pyridine rings is 2. The fourth-order valence-electron chi connectivity index (χ4n) is 5.06. The standard InChI is InChI=1S/C26H23Cl2N7O2/c1-14(23-18(27)10-30-11-19(23)28)37-22-6-17-20(7-21(22)36-2)33-34-24(17)16-5-15(8-29)25(31-9-16)35-12-26(13-35)3-4-32-26/h5-7,9-11,14,32H,3-4,12-13H2,1-2H3,(H,33,34)/t14-/m1/s1. The minimum Gasteiger partial charge on any atom is -0.493 e. The molecular formula is C26H23Cl2N7O2. The van der Waals surface area contributed by atoms with E-state index in [-0.39, 0.29) is 5.54 Å². The van der Waals surface area contributed by atoms with E-state index in [9.17, 15) is 5.26 Å². The van der Waals surface area contributed by atoms with Crippen LogP contribution in [0, 0.1) is 11.3 Å². The molecular weight excluding hydrogens is 513 g/mol. The quantitative estimate of drug-likeness (QED) is 0.358. The van der Waals surface area contributed by atoms with E-state index in [0.29, 0.717) is 44.2 Å². The smallest absolute Gasteiger partial charge is 0.162 e. The Labute approximate surface area is 223 Å². The number of H-pyrrole nitrogens is 1. The van der Waals surface area contributed by atoms with Crippen LogP contribution in [0.25, 0.3) is 22.2 Å². The van der Waals surface area contributed by atoms with Crippen molar-refractivity contribution in [3.8, 4) is 28.8 Å². The molecule has 0 saturated carbocycles. The van der Waals surface area contributed by atoms with Gasteiger partial charge in [-0.25, -0.2) is 4.98 Å². The van der Waals surface area contributed by atoms with Gasteiger partial charge >= 0.3 is 0 Å². The number of hydrogen-bond acceptors (Lipinski definition) is 8. The summed E-state index contributed by atoms with van der Waals surface area (Å²) < 4.78 is 11.8. The van der Waals surface area contributed by atoms with Crippen molar-refractivity contribution in [2.75, 3.05) is 31.6 Å². The van der Waals surface area contributed by atoms with Crippen LogP contribution in [0.2, 0.25) is 10.0 Å². The maximum atomic E-state index is 9.86. The number of rotatable bonds is 6. The molecule has 0 radical (unpaired) electrons. The lowest BCUT2D eigenvalue weighted by molar-refractivity contribution is 0.158. The van der Waals surface area contributed by atoms with E-state index < -0.39 is 6.10 Å². The van der Waals surface area contributed by atoms with E-state index in [1.807, 2.05) is 25.1 Å². The summed E-state index contributed by atoms with van der Waals surface area (Å²) in [6, 6.07) is 7.82. The van der Waals surface area contributed by atoms with Crippen LogP contribution in [0.15, 0.2) is 36.8 Å². The third kappa shape index (κ3) is 4.02. The van der Waals surface area contributed by atoms with Gasteiger partial charge in [0.25, 0.3) is 0 Å². The summed E-state index contributed by atoms with van der Waals surface area (Å²) >= 11 is 12.7. The molecule has 1 atom stereocenters. The zero-order valence-electron chi connectivity index (χ0n) is 20.2. The maximum Gasteiger partial charge on any atom is 0.162 e. The van der Waals surface area contributed by atoms with Crippen LogP contribution < -0.4 is 19.7 Å². The summed E-state index contributed by atoms with van der Waals surface area (Å²) in [5, 5.41) is 22.6. The summed E-state index contributed by atoms with van der Waals surface area (Å²) in [5.41, 5.74) is 3.50. The van der Waals surface area contributed by atoms with E-state index in [2.05, 4.69) is 36.5 Å². The Bertz CT molecular complexity index is 1530. The monoisotopic (exact) mass is 535 g/mol. The van der Waals surface area contributed by atoms with Gasteiger partial charge in [0, 0.05) is 54.3 Å². The van der Waals surface area contributed by atoms with Gasteiger partial charge in [0.05, 0.1) is 33.8 Å². The lowest BCUT2D eigenvalue weighted by Gasteiger charge is -2.57. The Kier molecular flexibility index (Phi) is 5.83. The number of fused-ring (bicyclic) bond motifs is 1. The molecule has 6 rings (SSSR count). The number of nitriles is 1. The van der Waals surface area contributed by atoms with Gasteiger partial charge < -0.3 is 19.7 Å². The molecule has 0 unspecified atom stereocenters. The van der Waals surface area contributed by atoms with E-state index >= 15 is 0 Å². The third-order valence-corrected chi connectivity index (χ3v) is 7.70. The molecule has 2 N–H and O–H groups in total. The van der Waals surface area contributed by atoms with Crippen molar-refractivity contribution in [2.45, 2.75) is 25.0 Å². The average molecular weight is 536 g/mol. The number of benzene rings is 1. The highest BCUT2D eigenvalue weighted by Gasteiger charge is 2.48. The molecule has 2 aliphatic rings. The van der Waals surface area contributed by atoms with Crippen LogP contribution >= 0.6 is 23.2 Å². The van der Waals surface area contributed by atoms with Gasteiger partial charge in [0.2, 0.25) is 0 Å². The van der Waals surface area contributed by atoms with E-state index in [0.717, 1.165) is 42.5 Å². The molecule has 2 saturated heterocycles. The fraction of sp³-hybridized carbons (Fsp3) is 0.308. The summed E-state index contributed by atoms with van der Waals surface area (Å²) in [5.74, 6) is 1.73. The first-order valence-corrected chi connectivity index (χ1v) is 12.6. The van der Waals surface area contributed by atoms with Crippen molar-refractivity contribution in [3.05, 3.63) is 58.0 Å². The van der Waals surface area contributed by atoms with Crippen molar-refractivity contribution >= 4 is 39.9 Å². The van der Waals surface area contributed by atoms with Gasteiger partial charge in [-0.3, -0.25) is 10.1 Å². The summed E-state index contributed by atoms with van der Waals surface area (Å²) in [6.07, 6.45) is 5.51. The largest absolute Gasteiger partial charge is 0.493 e. The zero-order valence-corrected chi connectivity index (χ0v) is 21.7. The Hall–Kier alpha value is -3.58.